The van der Waals surface area contributed by atoms with Gasteiger partial charge in [-0.1, -0.05) is 6.07 Å². The highest BCUT2D eigenvalue weighted by atomic mass is 35.5. The van der Waals surface area contributed by atoms with Gasteiger partial charge in [0.1, 0.15) is 11.9 Å². The second kappa shape index (κ2) is 5.86. The van der Waals surface area contributed by atoms with Crippen LogP contribution in [0.15, 0.2) is 18.2 Å². The molecule has 0 spiro atoms. The minimum absolute atomic E-state index is 0.0982. The first-order valence-electron chi connectivity index (χ1n) is 4.91. The molecule has 0 saturated carbocycles. The van der Waals surface area contributed by atoms with Gasteiger partial charge >= 0.3 is 0 Å². The topological polar surface area (TPSA) is 92.8 Å². The number of methoxy groups -OCH3 is 1. The molecule has 1 aromatic rings. The fraction of sp³-hybridized carbons (Fsp3) is 0.364. The summed E-state index contributed by atoms with van der Waals surface area (Å²) in [4.78, 5) is 11.2. The highest BCUT2D eigenvalue weighted by Gasteiger charge is 2.22. The predicted molar refractivity (Wildman–Crippen MR) is 63.2 cm³/mol. The van der Waals surface area contributed by atoms with E-state index in [9.17, 15) is 15.0 Å². The average molecular weight is 260 g/mol. The monoisotopic (exact) mass is 259 g/mol. The second-order valence-electron chi connectivity index (χ2n) is 3.48. The molecule has 6 heteroatoms. The van der Waals surface area contributed by atoms with Crippen LogP contribution in [0.1, 0.15) is 22.0 Å². The molecule has 0 aliphatic heterocycles. The third kappa shape index (κ3) is 3.09. The van der Waals surface area contributed by atoms with E-state index in [1.54, 1.807) is 6.07 Å². The number of amides is 1. The molecule has 0 aromatic heterocycles. The molecule has 0 fully saturated rings. The Morgan fingerprint density at radius 3 is 2.65 bits per heavy atom. The zero-order valence-electron chi connectivity index (χ0n) is 9.26. The van der Waals surface area contributed by atoms with Crippen LogP contribution in [0.5, 0.6) is 5.75 Å². The molecule has 0 saturated heterocycles. The Labute approximate surface area is 104 Å². The largest absolute Gasteiger partial charge is 0.497 e. The standard InChI is InChI=1S/C11H14ClNO4/c1-17-6-2-3-7(8(4-6)11(13)16)10(15)9(14)5-12/h2-4,9-10,14-15H,5H2,1H3,(H2,13,16). The molecule has 0 radical (unpaired) electrons. The molecule has 1 amide bonds. The number of rotatable bonds is 5. The van der Waals surface area contributed by atoms with Crippen LogP contribution in [-0.2, 0) is 0 Å². The zero-order valence-corrected chi connectivity index (χ0v) is 10.0. The maximum Gasteiger partial charge on any atom is 0.249 e. The minimum atomic E-state index is -1.26. The summed E-state index contributed by atoms with van der Waals surface area (Å²) >= 11 is 5.44. The van der Waals surface area contributed by atoms with Crippen LogP contribution in [0, 0.1) is 0 Å². The van der Waals surface area contributed by atoms with Gasteiger partial charge < -0.3 is 20.7 Å². The van der Waals surface area contributed by atoms with E-state index in [2.05, 4.69) is 0 Å². The van der Waals surface area contributed by atoms with Gasteiger partial charge in [0.25, 0.3) is 0 Å². The molecule has 5 nitrogen and oxygen atoms in total. The molecule has 17 heavy (non-hydrogen) atoms. The van der Waals surface area contributed by atoms with E-state index in [1.165, 1.54) is 19.2 Å². The number of hydrogen-bond acceptors (Lipinski definition) is 4. The zero-order chi connectivity index (χ0) is 13.0. The fourth-order valence-corrected chi connectivity index (χ4v) is 1.59. The van der Waals surface area contributed by atoms with Gasteiger partial charge in [0.15, 0.2) is 0 Å². The normalized spacial score (nSPS) is 14.1. The number of aliphatic hydroxyl groups excluding tert-OH is 2. The van der Waals surface area contributed by atoms with Gasteiger partial charge in [-0.05, 0) is 17.7 Å². The Morgan fingerprint density at radius 1 is 1.53 bits per heavy atom. The number of aliphatic hydroxyl groups is 2. The van der Waals surface area contributed by atoms with E-state index in [0.29, 0.717) is 5.75 Å². The van der Waals surface area contributed by atoms with E-state index in [4.69, 9.17) is 22.1 Å². The molecule has 1 aromatic carbocycles. The fourth-order valence-electron chi connectivity index (χ4n) is 1.43. The summed E-state index contributed by atoms with van der Waals surface area (Å²) in [5.74, 6) is -0.416. The van der Waals surface area contributed by atoms with Crippen LogP contribution in [0.25, 0.3) is 0 Å². The smallest absolute Gasteiger partial charge is 0.249 e. The van der Waals surface area contributed by atoms with Crippen molar-refractivity contribution in [2.24, 2.45) is 5.73 Å². The van der Waals surface area contributed by atoms with Crippen molar-refractivity contribution < 1.29 is 19.7 Å². The Morgan fingerprint density at radius 2 is 2.18 bits per heavy atom. The average Bonchev–Trinajstić information content (AvgIpc) is 2.35. The number of benzene rings is 1. The highest BCUT2D eigenvalue weighted by Crippen LogP contribution is 2.25. The van der Waals surface area contributed by atoms with Crippen LogP contribution in [0.4, 0.5) is 0 Å². The van der Waals surface area contributed by atoms with Crippen molar-refractivity contribution in [1.82, 2.24) is 0 Å². The first kappa shape index (κ1) is 13.8. The number of carbonyl (C=O) groups is 1. The van der Waals surface area contributed by atoms with Gasteiger partial charge in [-0.3, -0.25) is 4.79 Å². The number of ether oxygens (including phenoxy) is 1. The predicted octanol–water partition coefficient (Wildman–Crippen LogP) is 0.427. The Kier molecular flexibility index (Phi) is 4.74. The molecule has 0 bridgehead atoms. The van der Waals surface area contributed by atoms with E-state index in [1.807, 2.05) is 0 Å². The lowest BCUT2D eigenvalue weighted by molar-refractivity contribution is 0.0321. The lowest BCUT2D eigenvalue weighted by Gasteiger charge is -2.18. The number of hydrogen-bond donors (Lipinski definition) is 3. The van der Waals surface area contributed by atoms with Gasteiger partial charge in [-0.2, -0.15) is 0 Å². The van der Waals surface area contributed by atoms with Crippen molar-refractivity contribution in [1.29, 1.82) is 0 Å². The Balaban J connectivity index is 3.18. The van der Waals surface area contributed by atoms with Crippen molar-refractivity contribution in [2.75, 3.05) is 13.0 Å². The third-order valence-corrected chi connectivity index (χ3v) is 2.68. The molecule has 2 atom stereocenters. The number of halogens is 1. The molecule has 0 aliphatic carbocycles. The van der Waals surface area contributed by atoms with Crippen LogP contribution in [0.3, 0.4) is 0 Å². The number of carbonyl (C=O) groups excluding carboxylic acids is 1. The molecule has 94 valence electrons. The molecule has 4 N–H and O–H groups in total. The molecule has 0 heterocycles. The Hall–Kier alpha value is -1.30. The van der Waals surface area contributed by atoms with Gasteiger partial charge in [0, 0.05) is 5.56 Å². The number of nitrogens with two attached hydrogens (primary N) is 1. The summed E-state index contributed by atoms with van der Waals surface area (Å²) in [6.07, 6.45) is -2.43. The number of alkyl halides is 1. The van der Waals surface area contributed by atoms with Crippen molar-refractivity contribution in [2.45, 2.75) is 12.2 Å². The molecule has 0 aliphatic rings. The van der Waals surface area contributed by atoms with Gasteiger partial charge in [0.2, 0.25) is 5.91 Å². The van der Waals surface area contributed by atoms with E-state index >= 15 is 0 Å². The van der Waals surface area contributed by atoms with Crippen molar-refractivity contribution in [3.8, 4) is 5.75 Å². The summed E-state index contributed by atoms with van der Waals surface area (Å²) in [7, 11) is 1.45. The lowest BCUT2D eigenvalue weighted by Crippen LogP contribution is -2.23. The van der Waals surface area contributed by atoms with E-state index in [0.717, 1.165) is 0 Å². The van der Waals surface area contributed by atoms with Crippen LogP contribution in [0.2, 0.25) is 0 Å². The minimum Gasteiger partial charge on any atom is -0.497 e. The van der Waals surface area contributed by atoms with E-state index in [-0.39, 0.29) is 17.0 Å². The maximum absolute atomic E-state index is 11.2. The van der Waals surface area contributed by atoms with Crippen LogP contribution in [-0.4, -0.2) is 35.2 Å². The summed E-state index contributed by atoms with van der Waals surface area (Å²) < 4.78 is 4.95. The van der Waals surface area contributed by atoms with Crippen molar-refractivity contribution in [3.05, 3.63) is 29.3 Å². The lowest BCUT2D eigenvalue weighted by atomic mass is 9.98. The highest BCUT2D eigenvalue weighted by molar-refractivity contribution is 6.18. The first-order chi connectivity index (χ1) is 8.01. The summed E-state index contributed by atoms with van der Waals surface area (Å²) in [5.41, 5.74) is 5.52. The quantitative estimate of drug-likeness (QED) is 0.669. The van der Waals surface area contributed by atoms with Gasteiger partial charge in [-0.25, -0.2) is 0 Å². The Bertz CT molecular complexity index is 410. The van der Waals surface area contributed by atoms with Crippen LogP contribution >= 0.6 is 11.6 Å². The SMILES string of the molecule is COc1ccc(C(O)C(O)CCl)c(C(N)=O)c1. The van der Waals surface area contributed by atoms with Crippen LogP contribution < -0.4 is 10.5 Å². The maximum atomic E-state index is 11.2. The second-order valence-corrected chi connectivity index (χ2v) is 3.79. The van der Waals surface area contributed by atoms with Crippen molar-refractivity contribution >= 4 is 17.5 Å². The molecule has 1 rings (SSSR count). The summed E-state index contributed by atoms with van der Waals surface area (Å²) in [6, 6.07) is 4.44. The molecule has 2 unspecified atom stereocenters. The summed E-state index contributed by atoms with van der Waals surface area (Å²) in [5, 5.41) is 19.2. The van der Waals surface area contributed by atoms with Gasteiger partial charge in [-0.15, -0.1) is 11.6 Å². The number of primary amides is 1. The first-order valence-corrected chi connectivity index (χ1v) is 5.44. The van der Waals surface area contributed by atoms with E-state index < -0.39 is 18.1 Å². The third-order valence-electron chi connectivity index (χ3n) is 2.37. The molecular weight excluding hydrogens is 246 g/mol. The summed E-state index contributed by atoms with van der Waals surface area (Å²) in [6.45, 7) is 0. The molecular formula is C11H14ClNO4. The van der Waals surface area contributed by atoms with Crippen molar-refractivity contribution in [3.63, 3.8) is 0 Å². The van der Waals surface area contributed by atoms with Gasteiger partial charge in [0.05, 0.1) is 19.1 Å².